The van der Waals surface area contributed by atoms with Crippen LogP contribution in [-0.2, 0) is 17.5 Å². The summed E-state index contributed by atoms with van der Waals surface area (Å²) in [6, 6.07) is 10.4. The Labute approximate surface area is 174 Å². The molecule has 2 aromatic heterocycles. The average molecular weight is 438 g/mol. The van der Waals surface area contributed by atoms with Crippen LogP contribution in [0.2, 0.25) is 0 Å². The van der Waals surface area contributed by atoms with Crippen molar-refractivity contribution in [3.63, 3.8) is 0 Å². The zero-order valence-electron chi connectivity index (χ0n) is 15.4. The molecule has 0 radical (unpaired) electrons. The predicted octanol–water partition coefficient (Wildman–Crippen LogP) is 5.78. The number of carbonyl (C=O) groups excluding carboxylic acids is 1. The lowest BCUT2D eigenvalue weighted by atomic mass is 10.1. The van der Waals surface area contributed by atoms with Gasteiger partial charge in [0.25, 0.3) is 0 Å². The van der Waals surface area contributed by atoms with Gasteiger partial charge in [0, 0.05) is 23.2 Å². The van der Waals surface area contributed by atoms with Crippen LogP contribution in [0.1, 0.15) is 22.9 Å². The van der Waals surface area contributed by atoms with Gasteiger partial charge >= 0.3 is 6.18 Å². The summed E-state index contributed by atoms with van der Waals surface area (Å²) in [5.41, 5.74) is -0.229. The van der Waals surface area contributed by atoms with E-state index in [0.717, 1.165) is 17.9 Å². The Morgan fingerprint density at radius 1 is 1.21 bits per heavy atom. The summed E-state index contributed by atoms with van der Waals surface area (Å²) in [6.45, 7) is 2.73. The van der Waals surface area contributed by atoms with E-state index in [1.165, 1.54) is 33.4 Å². The number of hydrogen-bond donors (Lipinski definition) is 1. The molecule has 0 aliphatic heterocycles. The number of alkyl halides is 3. The van der Waals surface area contributed by atoms with Crippen molar-refractivity contribution in [2.24, 2.45) is 0 Å². The molecule has 3 aromatic rings. The number of thiophene rings is 1. The third-order valence-corrected chi connectivity index (χ3v) is 5.98. The Morgan fingerprint density at radius 2 is 1.97 bits per heavy atom. The van der Waals surface area contributed by atoms with Gasteiger partial charge in [-0.15, -0.1) is 23.1 Å². The maximum Gasteiger partial charge on any atom is 0.416 e. The maximum atomic E-state index is 12.6. The second-order valence-corrected chi connectivity index (χ2v) is 8.73. The van der Waals surface area contributed by atoms with Gasteiger partial charge < -0.3 is 5.32 Å². The molecule has 0 saturated heterocycles. The van der Waals surface area contributed by atoms with Crippen molar-refractivity contribution in [1.82, 2.24) is 9.78 Å². The van der Waals surface area contributed by atoms with E-state index in [2.05, 4.69) is 29.5 Å². The predicted molar refractivity (Wildman–Crippen MR) is 111 cm³/mol. The molecule has 4 nitrogen and oxygen atoms in total. The highest BCUT2D eigenvalue weighted by Crippen LogP contribution is 2.29. The van der Waals surface area contributed by atoms with Crippen LogP contribution in [0.3, 0.4) is 0 Å². The Kier molecular flexibility index (Phi) is 6.81. The summed E-state index contributed by atoms with van der Waals surface area (Å²) < 4.78 is 40.7. The zero-order valence-corrected chi connectivity index (χ0v) is 17.1. The van der Waals surface area contributed by atoms with Crippen molar-refractivity contribution < 1.29 is 18.0 Å². The van der Waals surface area contributed by atoms with Crippen LogP contribution in [0.4, 0.5) is 19.0 Å². The monoisotopic (exact) mass is 437 g/mol. The maximum absolute atomic E-state index is 12.6. The van der Waals surface area contributed by atoms with Gasteiger partial charge in [-0.2, -0.15) is 18.3 Å². The van der Waals surface area contributed by atoms with E-state index in [1.54, 1.807) is 40.0 Å². The number of carbonyl (C=O) groups is 1. The molecule has 1 aromatic carbocycles. The molecule has 0 saturated carbocycles. The first-order valence-corrected chi connectivity index (χ1v) is 10.5. The molecular weight excluding hydrogens is 419 g/mol. The molecule has 0 fully saturated rings. The third kappa shape index (κ3) is 6.23. The summed E-state index contributed by atoms with van der Waals surface area (Å²) in [5.74, 6) is 1.03. The van der Waals surface area contributed by atoms with Crippen LogP contribution in [0, 0.1) is 0 Å². The Hall–Kier alpha value is -2.52. The number of hydrogen-bond acceptors (Lipinski definition) is 4. The van der Waals surface area contributed by atoms with Crippen LogP contribution in [-0.4, -0.2) is 21.4 Å². The van der Waals surface area contributed by atoms with Gasteiger partial charge in [-0.25, -0.2) is 0 Å². The first-order valence-electron chi connectivity index (χ1n) is 8.75. The van der Waals surface area contributed by atoms with Crippen molar-refractivity contribution in [3.8, 4) is 0 Å². The number of halogens is 3. The summed E-state index contributed by atoms with van der Waals surface area (Å²) in [7, 11) is 0. The van der Waals surface area contributed by atoms with E-state index in [0.29, 0.717) is 17.9 Å². The number of benzene rings is 1. The molecule has 152 valence electrons. The van der Waals surface area contributed by atoms with Crippen molar-refractivity contribution in [1.29, 1.82) is 0 Å². The van der Waals surface area contributed by atoms with E-state index in [1.807, 2.05) is 0 Å². The van der Waals surface area contributed by atoms with Gasteiger partial charge in [-0.05, 0) is 41.7 Å². The average Bonchev–Trinajstić information content (AvgIpc) is 3.30. The first kappa shape index (κ1) is 21.2. The Morgan fingerprint density at radius 3 is 2.66 bits per heavy atom. The molecule has 0 bridgehead atoms. The number of thioether (sulfide) groups is 1. The fraction of sp³-hybridized carbons (Fsp3) is 0.200. The lowest BCUT2D eigenvalue weighted by Gasteiger charge is -2.05. The van der Waals surface area contributed by atoms with Gasteiger partial charge in [0.1, 0.15) is 0 Å². The van der Waals surface area contributed by atoms with E-state index < -0.39 is 17.6 Å². The Bertz CT molecular complexity index is 991. The fourth-order valence-corrected chi connectivity index (χ4v) is 4.55. The summed E-state index contributed by atoms with van der Waals surface area (Å²) >= 11 is 3.51. The molecule has 9 heteroatoms. The highest BCUT2D eigenvalue weighted by molar-refractivity contribution is 8.01. The third-order valence-electron chi connectivity index (χ3n) is 3.80. The quantitative estimate of drug-likeness (QED) is 0.377. The van der Waals surface area contributed by atoms with Crippen LogP contribution in [0.15, 0.2) is 58.9 Å². The smallest absolute Gasteiger partial charge is 0.306 e. The fourth-order valence-electron chi connectivity index (χ4n) is 2.46. The van der Waals surface area contributed by atoms with Gasteiger partial charge in [0.2, 0.25) is 5.91 Å². The minimum atomic E-state index is -4.38. The van der Waals surface area contributed by atoms with Gasteiger partial charge in [0.05, 0.1) is 16.3 Å². The van der Waals surface area contributed by atoms with Gasteiger partial charge in [-0.3, -0.25) is 9.48 Å². The number of amides is 1. The molecule has 0 aliphatic rings. The van der Waals surface area contributed by atoms with Crippen molar-refractivity contribution in [2.45, 2.75) is 23.9 Å². The number of nitrogens with zero attached hydrogens (tertiary/aromatic N) is 2. The second kappa shape index (κ2) is 9.32. The number of nitrogens with one attached hydrogen (secondary N) is 1. The number of aromatic nitrogens is 2. The zero-order chi connectivity index (χ0) is 20.9. The summed E-state index contributed by atoms with van der Waals surface area (Å²) in [5, 5.41) is 6.96. The van der Waals surface area contributed by atoms with E-state index in [-0.39, 0.29) is 0 Å². The van der Waals surface area contributed by atoms with Crippen LogP contribution >= 0.6 is 23.1 Å². The van der Waals surface area contributed by atoms with E-state index in [4.69, 9.17) is 0 Å². The molecule has 29 heavy (non-hydrogen) atoms. The van der Waals surface area contributed by atoms with Crippen LogP contribution < -0.4 is 5.32 Å². The highest BCUT2D eigenvalue weighted by Gasteiger charge is 2.29. The van der Waals surface area contributed by atoms with Crippen molar-refractivity contribution >= 4 is 40.9 Å². The molecule has 1 N–H and O–H groups in total. The lowest BCUT2D eigenvalue weighted by molar-refractivity contribution is -0.137. The molecule has 0 aliphatic carbocycles. The molecule has 2 heterocycles. The standard InChI is InChI=1S/C20H18F3N3OS2/c1-2-28-19-10-8-16(29-19)13-26-12-11-17(25-26)24-18(27)9-5-14-3-6-15(7-4-14)20(21,22)23/h3-12H,2,13H2,1H3,(H,24,25,27)/b9-5+. The van der Waals surface area contributed by atoms with Gasteiger partial charge in [0.15, 0.2) is 5.82 Å². The summed E-state index contributed by atoms with van der Waals surface area (Å²) in [4.78, 5) is 13.2. The van der Waals surface area contributed by atoms with E-state index >= 15 is 0 Å². The highest BCUT2D eigenvalue weighted by atomic mass is 32.2. The molecular formula is C20H18F3N3OS2. The van der Waals surface area contributed by atoms with E-state index in [9.17, 15) is 18.0 Å². The second-order valence-electron chi connectivity index (χ2n) is 5.99. The molecule has 3 rings (SSSR count). The van der Waals surface area contributed by atoms with Crippen molar-refractivity contribution in [2.75, 3.05) is 11.1 Å². The van der Waals surface area contributed by atoms with Crippen LogP contribution in [0.5, 0.6) is 0 Å². The topological polar surface area (TPSA) is 46.9 Å². The molecule has 0 atom stereocenters. The minimum Gasteiger partial charge on any atom is -0.306 e. The molecule has 0 unspecified atom stereocenters. The SMILES string of the molecule is CCSc1ccc(Cn2ccc(NC(=O)/C=C/c3ccc(C(F)(F)F)cc3)n2)s1. The van der Waals surface area contributed by atoms with Crippen LogP contribution in [0.25, 0.3) is 6.08 Å². The molecule has 0 spiro atoms. The largest absolute Gasteiger partial charge is 0.416 e. The number of rotatable bonds is 7. The minimum absolute atomic E-state index is 0.409. The van der Waals surface area contributed by atoms with Gasteiger partial charge in [-0.1, -0.05) is 19.1 Å². The number of anilines is 1. The lowest BCUT2D eigenvalue weighted by Crippen LogP contribution is -2.09. The summed E-state index contributed by atoms with van der Waals surface area (Å²) in [6.07, 6.45) is 0.111. The normalized spacial score (nSPS) is 11.9. The Balaban J connectivity index is 1.55. The molecule has 1 amide bonds. The first-order chi connectivity index (χ1) is 13.8. The van der Waals surface area contributed by atoms with Crippen molar-refractivity contribution in [3.05, 3.63) is 70.7 Å².